The molecule has 1 N–H and O–H groups in total. The largest absolute Gasteiger partial charge is 0.352 e. The van der Waals surface area contributed by atoms with Gasteiger partial charge in [-0.2, -0.15) is 5.10 Å². The van der Waals surface area contributed by atoms with E-state index in [1.54, 1.807) is 30.6 Å². The van der Waals surface area contributed by atoms with E-state index in [2.05, 4.69) is 15.4 Å². The van der Waals surface area contributed by atoms with Crippen molar-refractivity contribution in [2.45, 2.75) is 19.5 Å². The third-order valence-corrected chi connectivity index (χ3v) is 4.05. The highest BCUT2D eigenvalue weighted by molar-refractivity contribution is 6.30. The molecule has 0 unspecified atom stereocenters. The number of benzene rings is 1. The molecule has 0 aliphatic carbocycles. The Kier molecular flexibility index (Phi) is 5.76. The van der Waals surface area contributed by atoms with Crippen molar-refractivity contribution in [1.82, 2.24) is 20.1 Å². The van der Waals surface area contributed by atoms with Crippen LogP contribution in [0, 0.1) is 0 Å². The first kappa shape index (κ1) is 17.8. The number of halogens is 1. The van der Waals surface area contributed by atoms with Gasteiger partial charge in [0, 0.05) is 42.0 Å². The topological polar surface area (TPSA) is 76.9 Å². The number of hydrogen-bond donors (Lipinski definition) is 1. The van der Waals surface area contributed by atoms with E-state index in [9.17, 15) is 9.59 Å². The molecular formula is C19H17ClN4O2. The zero-order valence-electron chi connectivity index (χ0n) is 13.9. The molecule has 3 aromatic rings. The Labute approximate surface area is 155 Å². The van der Waals surface area contributed by atoms with Crippen molar-refractivity contribution in [3.05, 3.63) is 81.9 Å². The summed E-state index contributed by atoms with van der Waals surface area (Å²) in [7, 11) is 0. The molecule has 132 valence electrons. The summed E-state index contributed by atoms with van der Waals surface area (Å²) in [6.45, 7) is 0.636. The summed E-state index contributed by atoms with van der Waals surface area (Å²) in [5.41, 5.74) is 2.22. The zero-order chi connectivity index (χ0) is 18.4. The number of nitrogens with zero attached hydrogens (tertiary/aromatic N) is 3. The Morgan fingerprint density at radius 2 is 1.77 bits per heavy atom. The summed E-state index contributed by atoms with van der Waals surface area (Å²) in [6, 6.07) is 14.0. The third kappa shape index (κ3) is 4.77. The molecule has 0 aliphatic rings. The van der Waals surface area contributed by atoms with Crippen LogP contribution >= 0.6 is 11.6 Å². The quantitative estimate of drug-likeness (QED) is 0.725. The smallest absolute Gasteiger partial charge is 0.266 e. The van der Waals surface area contributed by atoms with Crippen LogP contribution < -0.4 is 10.9 Å². The van der Waals surface area contributed by atoms with Crippen LogP contribution in [-0.2, 0) is 17.9 Å². The summed E-state index contributed by atoms with van der Waals surface area (Å²) in [5.74, 6) is -0.146. The number of nitrogens with one attached hydrogen (secondary N) is 1. The molecule has 0 radical (unpaired) electrons. The molecular weight excluding hydrogens is 352 g/mol. The highest BCUT2D eigenvalue weighted by Crippen LogP contribution is 2.18. The Bertz CT molecular complexity index is 940. The number of carbonyl (C=O) groups excluding carboxylic acids is 1. The molecule has 0 bridgehead atoms. The second kappa shape index (κ2) is 8.40. The highest BCUT2D eigenvalue weighted by Gasteiger charge is 2.07. The van der Waals surface area contributed by atoms with E-state index in [1.165, 1.54) is 10.7 Å². The van der Waals surface area contributed by atoms with Gasteiger partial charge in [0.2, 0.25) is 5.91 Å². The SMILES string of the molecule is O=C(CCn1nc(-c2ccc(Cl)cc2)ccc1=O)NCc1ccncc1. The van der Waals surface area contributed by atoms with Crippen molar-refractivity contribution in [1.29, 1.82) is 0 Å². The Morgan fingerprint density at radius 3 is 2.50 bits per heavy atom. The van der Waals surface area contributed by atoms with E-state index in [4.69, 9.17) is 11.6 Å². The van der Waals surface area contributed by atoms with Gasteiger partial charge in [-0.05, 0) is 35.9 Å². The maximum Gasteiger partial charge on any atom is 0.266 e. The van der Waals surface area contributed by atoms with Gasteiger partial charge >= 0.3 is 0 Å². The van der Waals surface area contributed by atoms with Crippen LogP contribution in [0.15, 0.2) is 65.7 Å². The van der Waals surface area contributed by atoms with Crippen LogP contribution in [0.25, 0.3) is 11.3 Å². The first-order valence-corrected chi connectivity index (χ1v) is 8.49. The van der Waals surface area contributed by atoms with E-state index in [-0.39, 0.29) is 24.4 Å². The summed E-state index contributed by atoms with van der Waals surface area (Å²) < 4.78 is 1.30. The minimum absolute atomic E-state index is 0.146. The first-order chi connectivity index (χ1) is 12.6. The Hall–Kier alpha value is -2.99. The zero-order valence-corrected chi connectivity index (χ0v) is 14.7. The van der Waals surface area contributed by atoms with Crippen LogP contribution in [0.1, 0.15) is 12.0 Å². The molecule has 0 fully saturated rings. The van der Waals surface area contributed by atoms with E-state index in [1.807, 2.05) is 24.3 Å². The highest BCUT2D eigenvalue weighted by atomic mass is 35.5. The number of aryl methyl sites for hydroxylation is 1. The summed E-state index contributed by atoms with van der Waals surface area (Å²) in [5, 5.41) is 7.78. The van der Waals surface area contributed by atoms with Crippen molar-refractivity contribution >= 4 is 17.5 Å². The number of amides is 1. The minimum atomic E-state index is -0.246. The molecule has 0 saturated heterocycles. The van der Waals surface area contributed by atoms with E-state index in [0.717, 1.165) is 11.1 Å². The lowest BCUT2D eigenvalue weighted by molar-refractivity contribution is -0.121. The van der Waals surface area contributed by atoms with Gasteiger partial charge in [0.05, 0.1) is 12.2 Å². The van der Waals surface area contributed by atoms with Gasteiger partial charge in [-0.1, -0.05) is 23.7 Å². The molecule has 0 aliphatic heterocycles. The number of hydrogen-bond acceptors (Lipinski definition) is 4. The Morgan fingerprint density at radius 1 is 1.04 bits per heavy atom. The number of pyridine rings is 1. The molecule has 0 atom stereocenters. The molecule has 26 heavy (non-hydrogen) atoms. The van der Waals surface area contributed by atoms with Gasteiger partial charge in [0.25, 0.3) is 5.56 Å². The molecule has 6 nitrogen and oxygen atoms in total. The van der Waals surface area contributed by atoms with Crippen LogP contribution in [0.5, 0.6) is 0 Å². The average molecular weight is 369 g/mol. The fourth-order valence-corrected chi connectivity index (χ4v) is 2.51. The van der Waals surface area contributed by atoms with Gasteiger partial charge in [-0.25, -0.2) is 4.68 Å². The molecule has 1 amide bonds. The van der Waals surface area contributed by atoms with Crippen molar-refractivity contribution < 1.29 is 4.79 Å². The van der Waals surface area contributed by atoms with Crippen LogP contribution in [0.4, 0.5) is 0 Å². The average Bonchev–Trinajstić information content (AvgIpc) is 2.67. The minimum Gasteiger partial charge on any atom is -0.352 e. The standard InChI is InChI=1S/C19H17ClN4O2/c20-16-3-1-15(2-4-16)17-5-6-19(26)24(23-17)12-9-18(25)22-13-14-7-10-21-11-8-14/h1-8,10-11H,9,12-13H2,(H,22,25). The van der Waals surface area contributed by atoms with Crippen molar-refractivity contribution in [2.75, 3.05) is 0 Å². The fraction of sp³-hybridized carbons (Fsp3) is 0.158. The second-order valence-corrected chi connectivity index (χ2v) is 6.11. The van der Waals surface area contributed by atoms with Crippen molar-refractivity contribution in [3.8, 4) is 11.3 Å². The Balaban J connectivity index is 1.62. The molecule has 0 spiro atoms. The normalized spacial score (nSPS) is 10.5. The molecule has 1 aromatic carbocycles. The lowest BCUT2D eigenvalue weighted by Gasteiger charge is -2.08. The molecule has 0 saturated carbocycles. The van der Waals surface area contributed by atoms with Crippen molar-refractivity contribution in [2.24, 2.45) is 0 Å². The summed E-state index contributed by atoms with van der Waals surface area (Å²) >= 11 is 5.89. The first-order valence-electron chi connectivity index (χ1n) is 8.11. The summed E-state index contributed by atoms with van der Waals surface area (Å²) in [4.78, 5) is 27.9. The van der Waals surface area contributed by atoms with Crippen molar-refractivity contribution in [3.63, 3.8) is 0 Å². The molecule has 3 rings (SSSR count). The lowest BCUT2D eigenvalue weighted by Crippen LogP contribution is -2.28. The lowest BCUT2D eigenvalue weighted by atomic mass is 10.1. The van der Waals surface area contributed by atoms with E-state index >= 15 is 0 Å². The van der Waals surface area contributed by atoms with Crippen LogP contribution in [0.3, 0.4) is 0 Å². The predicted octanol–water partition coefficient (Wildman–Crippen LogP) is 2.67. The van der Waals surface area contributed by atoms with Gasteiger partial charge in [-0.15, -0.1) is 0 Å². The molecule has 2 heterocycles. The monoisotopic (exact) mass is 368 g/mol. The third-order valence-electron chi connectivity index (χ3n) is 3.80. The van der Waals surface area contributed by atoms with E-state index in [0.29, 0.717) is 17.3 Å². The molecule has 7 heteroatoms. The number of aromatic nitrogens is 3. The van der Waals surface area contributed by atoms with E-state index < -0.39 is 0 Å². The van der Waals surface area contributed by atoms with Gasteiger partial charge in [0.1, 0.15) is 0 Å². The maximum absolute atomic E-state index is 12.0. The summed E-state index contributed by atoms with van der Waals surface area (Å²) in [6.07, 6.45) is 3.52. The number of carbonyl (C=O) groups is 1. The van der Waals surface area contributed by atoms with Crippen LogP contribution in [0.2, 0.25) is 5.02 Å². The van der Waals surface area contributed by atoms with Crippen LogP contribution in [-0.4, -0.2) is 20.7 Å². The maximum atomic E-state index is 12.0. The van der Waals surface area contributed by atoms with Gasteiger partial charge in [0.15, 0.2) is 0 Å². The van der Waals surface area contributed by atoms with Gasteiger partial charge in [-0.3, -0.25) is 14.6 Å². The fourth-order valence-electron chi connectivity index (χ4n) is 2.38. The number of rotatable bonds is 6. The van der Waals surface area contributed by atoms with Gasteiger partial charge < -0.3 is 5.32 Å². The second-order valence-electron chi connectivity index (χ2n) is 5.67. The predicted molar refractivity (Wildman–Crippen MR) is 99.6 cm³/mol. The molecule has 2 aromatic heterocycles.